The number of nitrogens with zero attached hydrogens (tertiary/aromatic N) is 1. The van der Waals surface area contributed by atoms with Crippen molar-refractivity contribution in [3.63, 3.8) is 0 Å². The highest BCUT2D eigenvalue weighted by molar-refractivity contribution is 6.16. The molecule has 0 aliphatic carbocycles. The number of ether oxygens (including phenoxy) is 1. The van der Waals surface area contributed by atoms with E-state index in [0.29, 0.717) is 18.6 Å². The summed E-state index contributed by atoms with van der Waals surface area (Å²) in [5.41, 5.74) is 6.40. The van der Waals surface area contributed by atoms with Gasteiger partial charge in [-0.15, -0.1) is 6.42 Å². The molecule has 1 N–H and O–H groups in total. The Bertz CT molecular complexity index is 1390. The minimum absolute atomic E-state index is 0.204. The highest BCUT2D eigenvalue weighted by atomic mass is 16.5. The van der Waals surface area contributed by atoms with E-state index in [2.05, 4.69) is 67.2 Å². The van der Waals surface area contributed by atoms with E-state index in [4.69, 9.17) is 11.2 Å². The molecule has 0 saturated heterocycles. The lowest BCUT2D eigenvalue weighted by molar-refractivity contribution is -0.136. The van der Waals surface area contributed by atoms with Gasteiger partial charge < -0.3 is 15.0 Å². The van der Waals surface area contributed by atoms with Crippen LogP contribution in [0.25, 0.3) is 5.57 Å². The van der Waals surface area contributed by atoms with E-state index in [1.807, 2.05) is 80.6 Å². The molecule has 206 valence electrons. The lowest BCUT2D eigenvalue weighted by atomic mass is 9.79. The van der Waals surface area contributed by atoms with Crippen LogP contribution in [0.3, 0.4) is 0 Å². The Hall–Kier alpha value is -4.49. The third-order valence-electron chi connectivity index (χ3n) is 6.69. The molecule has 4 heteroatoms. The first-order valence-corrected chi connectivity index (χ1v) is 13.8. The molecule has 0 amide bonds. The number of hydrogen-bond donors (Lipinski definition) is 1. The Balaban J connectivity index is 2.01. The highest BCUT2D eigenvalue weighted by Gasteiger charge is 2.24. The number of para-hydroxylation sites is 2. The van der Waals surface area contributed by atoms with Crippen molar-refractivity contribution in [3.8, 4) is 12.3 Å². The van der Waals surface area contributed by atoms with Crippen LogP contribution in [0.1, 0.15) is 52.2 Å². The maximum absolute atomic E-state index is 13.1. The SMILES string of the molecule is C#C/C=C\C(=C/C)N(c1ccccc1)c1ccc(/C(=C/CC(C)(C)c2ccccc2NCC)C(=O)OCC)cc1. The summed E-state index contributed by atoms with van der Waals surface area (Å²) in [7, 11) is 0. The van der Waals surface area contributed by atoms with E-state index < -0.39 is 0 Å². The van der Waals surface area contributed by atoms with Crippen molar-refractivity contribution in [2.45, 2.75) is 46.5 Å². The van der Waals surface area contributed by atoms with E-state index in [1.54, 1.807) is 6.08 Å². The van der Waals surface area contributed by atoms with Gasteiger partial charge in [-0.1, -0.05) is 80.5 Å². The summed E-state index contributed by atoms with van der Waals surface area (Å²) in [6.45, 7) is 11.5. The fraction of sp³-hybridized carbons (Fsp3) is 0.250. The lowest BCUT2D eigenvalue weighted by Crippen LogP contribution is -2.19. The van der Waals surface area contributed by atoms with Crippen LogP contribution >= 0.6 is 0 Å². The normalized spacial score (nSPS) is 12.2. The van der Waals surface area contributed by atoms with Crippen molar-refractivity contribution < 1.29 is 9.53 Å². The predicted octanol–water partition coefficient (Wildman–Crippen LogP) is 8.66. The second-order valence-corrected chi connectivity index (χ2v) is 9.93. The van der Waals surface area contributed by atoms with Crippen molar-refractivity contribution in [1.29, 1.82) is 0 Å². The Morgan fingerprint density at radius 1 is 0.975 bits per heavy atom. The van der Waals surface area contributed by atoms with Gasteiger partial charge in [0.15, 0.2) is 0 Å². The van der Waals surface area contributed by atoms with Gasteiger partial charge in [-0.25, -0.2) is 4.79 Å². The number of carbonyl (C=O) groups is 1. The number of hydrogen-bond acceptors (Lipinski definition) is 4. The van der Waals surface area contributed by atoms with Crippen molar-refractivity contribution in [3.05, 3.63) is 120 Å². The van der Waals surface area contributed by atoms with Crippen molar-refractivity contribution >= 4 is 28.6 Å². The van der Waals surface area contributed by atoms with Gasteiger partial charge in [0.25, 0.3) is 0 Å². The summed E-state index contributed by atoms with van der Waals surface area (Å²) >= 11 is 0. The standard InChI is InChI=1S/C36H40N2O2/c1-7-11-17-29(8-2)38(30-18-13-12-14-19-30)31-24-22-28(23-25-31)32(35(39)40-10-4)26-27-36(5,6)33-20-15-16-21-34(33)37-9-3/h1,8,11-26,37H,9-10,27H2,2-6H3/b17-11-,29-8+,32-26-. The Kier molecular flexibility index (Phi) is 11.0. The molecular weight excluding hydrogens is 492 g/mol. The maximum atomic E-state index is 13.1. The van der Waals surface area contributed by atoms with Crippen LogP contribution in [0.4, 0.5) is 17.1 Å². The summed E-state index contributed by atoms with van der Waals surface area (Å²) < 4.78 is 5.47. The molecular formula is C36H40N2O2. The third-order valence-corrected chi connectivity index (χ3v) is 6.69. The Morgan fingerprint density at radius 2 is 1.62 bits per heavy atom. The zero-order valence-electron chi connectivity index (χ0n) is 24.3. The second-order valence-electron chi connectivity index (χ2n) is 9.93. The molecule has 3 aromatic carbocycles. The smallest absolute Gasteiger partial charge is 0.338 e. The van der Waals surface area contributed by atoms with E-state index in [0.717, 1.165) is 34.9 Å². The van der Waals surface area contributed by atoms with Gasteiger partial charge in [-0.3, -0.25) is 0 Å². The summed E-state index contributed by atoms with van der Waals surface area (Å²) in [5, 5.41) is 3.46. The first-order chi connectivity index (χ1) is 19.4. The molecule has 0 spiro atoms. The summed E-state index contributed by atoms with van der Waals surface area (Å²) in [6, 6.07) is 26.5. The number of benzene rings is 3. The molecule has 0 aliphatic heterocycles. The van der Waals surface area contributed by atoms with Crippen LogP contribution in [-0.2, 0) is 14.9 Å². The average Bonchev–Trinajstić information content (AvgIpc) is 2.97. The number of allylic oxidation sites excluding steroid dienone is 4. The summed E-state index contributed by atoms with van der Waals surface area (Å²) in [6.07, 6.45) is 13.8. The number of nitrogens with one attached hydrogen (secondary N) is 1. The number of terminal acetylenes is 1. The van der Waals surface area contributed by atoms with E-state index in [1.165, 1.54) is 5.56 Å². The van der Waals surface area contributed by atoms with Gasteiger partial charge in [0.1, 0.15) is 0 Å². The molecule has 0 aliphatic rings. The molecule has 0 atom stereocenters. The molecule has 0 fully saturated rings. The van der Waals surface area contributed by atoms with Gasteiger partial charge in [-0.05, 0) is 86.2 Å². The zero-order valence-corrected chi connectivity index (χ0v) is 24.3. The molecule has 0 saturated carbocycles. The maximum Gasteiger partial charge on any atom is 0.338 e. The minimum atomic E-state index is -0.322. The molecule has 3 rings (SSSR count). The third kappa shape index (κ3) is 7.55. The monoisotopic (exact) mass is 532 g/mol. The van der Waals surface area contributed by atoms with Crippen LogP contribution in [0.15, 0.2) is 109 Å². The predicted molar refractivity (Wildman–Crippen MR) is 170 cm³/mol. The Morgan fingerprint density at radius 3 is 2.25 bits per heavy atom. The van der Waals surface area contributed by atoms with E-state index >= 15 is 0 Å². The van der Waals surface area contributed by atoms with Gasteiger partial charge >= 0.3 is 5.97 Å². The van der Waals surface area contributed by atoms with E-state index in [-0.39, 0.29) is 11.4 Å². The van der Waals surface area contributed by atoms with Crippen molar-refractivity contribution in [2.75, 3.05) is 23.4 Å². The van der Waals surface area contributed by atoms with Crippen LogP contribution in [0, 0.1) is 12.3 Å². The first kappa shape index (κ1) is 30.1. The number of rotatable bonds is 12. The molecule has 0 radical (unpaired) electrons. The molecule has 0 bridgehead atoms. The largest absolute Gasteiger partial charge is 0.462 e. The highest BCUT2D eigenvalue weighted by Crippen LogP contribution is 2.35. The lowest BCUT2D eigenvalue weighted by Gasteiger charge is -2.27. The van der Waals surface area contributed by atoms with Crippen LogP contribution in [0.5, 0.6) is 0 Å². The van der Waals surface area contributed by atoms with Crippen molar-refractivity contribution in [2.24, 2.45) is 0 Å². The van der Waals surface area contributed by atoms with Gasteiger partial charge in [-0.2, -0.15) is 0 Å². The molecule has 0 aromatic heterocycles. The fourth-order valence-corrected chi connectivity index (χ4v) is 4.66. The first-order valence-electron chi connectivity index (χ1n) is 13.8. The molecule has 0 heterocycles. The van der Waals surface area contributed by atoms with Crippen LogP contribution < -0.4 is 10.2 Å². The quantitative estimate of drug-likeness (QED) is 0.110. The molecule has 4 nitrogen and oxygen atoms in total. The fourth-order valence-electron chi connectivity index (χ4n) is 4.66. The van der Waals surface area contributed by atoms with Crippen LogP contribution in [-0.4, -0.2) is 19.1 Å². The van der Waals surface area contributed by atoms with E-state index in [9.17, 15) is 4.79 Å². The zero-order chi connectivity index (χ0) is 29.0. The topological polar surface area (TPSA) is 41.6 Å². The van der Waals surface area contributed by atoms with Crippen LogP contribution in [0.2, 0.25) is 0 Å². The number of esters is 1. The molecule has 0 unspecified atom stereocenters. The summed E-state index contributed by atoms with van der Waals surface area (Å²) in [4.78, 5) is 15.3. The minimum Gasteiger partial charge on any atom is -0.462 e. The second kappa shape index (κ2) is 14.6. The van der Waals surface area contributed by atoms with Crippen molar-refractivity contribution in [1.82, 2.24) is 0 Å². The van der Waals surface area contributed by atoms with Gasteiger partial charge in [0.2, 0.25) is 0 Å². The molecule has 40 heavy (non-hydrogen) atoms. The Labute approximate surface area is 240 Å². The van der Waals surface area contributed by atoms with Gasteiger partial charge in [0, 0.05) is 29.3 Å². The number of anilines is 3. The van der Waals surface area contributed by atoms with Gasteiger partial charge in [0.05, 0.1) is 12.2 Å². The summed E-state index contributed by atoms with van der Waals surface area (Å²) in [5.74, 6) is 2.25. The average molecular weight is 533 g/mol. The molecule has 3 aromatic rings. The number of carbonyl (C=O) groups excluding carboxylic acids is 1.